The van der Waals surface area contributed by atoms with E-state index < -0.39 is 18.1 Å². The number of ether oxygens (including phenoxy) is 3. The number of rotatable bonds is 7. The molecule has 2 unspecified atom stereocenters. The maximum atomic E-state index is 13.1. The number of para-hydroxylation sites is 1. The second-order valence-electron chi connectivity index (χ2n) is 8.52. The predicted octanol–water partition coefficient (Wildman–Crippen LogP) is 3.64. The summed E-state index contributed by atoms with van der Waals surface area (Å²) in [6, 6.07) is 15.7. The highest BCUT2D eigenvalue weighted by atomic mass is 16.6. The Labute approximate surface area is 199 Å². The summed E-state index contributed by atoms with van der Waals surface area (Å²) < 4.78 is 16.3. The van der Waals surface area contributed by atoms with Crippen molar-refractivity contribution in [3.8, 4) is 5.75 Å². The lowest BCUT2D eigenvalue weighted by atomic mass is 10.1. The Kier molecular flexibility index (Phi) is 7.67. The third-order valence-corrected chi connectivity index (χ3v) is 6.36. The van der Waals surface area contributed by atoms with Gasteiger partial charge in [-0.1, -0.05) is 42.5 Å². The van der Waals surface area contributed by atoms with Crippen molar-refractivity contribution >= 4 is 18.0 Å². The van der Waals surface area contributed by atoms with Gasteiger partial charge in [-0.05, 0) is 43.4 Å². The lowest BCUT2D eigenvalue weighted by Gasteiger charge is -2.27. The predicted molar refractivity (Wildman–Crippen MR) is 124 cm³/mol. The van der Waals surface area contributed by atoms with Crippen LogP contribution in [0.2, 0.25) is 0 Å². The first kappa shape index (κ1) is 23.6. The minimum Gasteiger partial charge on any atom is -0.496 e. The number of carbonyl (C=O) groups excluding carboxylic acids is 3. The van der Waals surface area contributed by atoms with Gasteiger partial charge in [0.05, 0.1) is 18.7 Å². The molecule has 4 rings (SSSR count). The summed E-state index contributed by atoms with van der Waals surface area (Å²) in [4.78, 5) is 41.7. The lowest BCUT2D eigenvalue weighted by Crippen LogP contribution is -2.44. The quantitative estimate of drug-likeness (QED) is 0.579. The van der Waals surface area contributed by atoms with Crippen LogP contribution < -0.4 is 4.74 Å². The third-order valence-electron chi connectivity index (χ3n) is 6.36. The van der Waals surface area contributed by atoms with Crippen molar-refractivity contribution in [2.75, 3.05) is 26.8 Å². The van der Waals surface area contributed by atoms with Crippen LogP contribution in [0.25, 0.3) is 0 Å². The molecule has 0 N–H and O–H groups in total. The Hall–Kier alpha value is -3.55. The minimum absolute atomic E-state index is 0.0853. The zero-order chi connectivity index (χ0) is 23.9. The molecule has 0 aliphatic carbocycles. The van der Waals surface area contributed by atoms with Crippen LogP contribution in [-0.2, 0) is 20.9 Å². The fourth-order valence-electron chi connectivity index (χ4n) is 4.56. The van der Waals surface area contributed by atoms with Crippen molar-refractivity contribution in [1.29, 1.82) is 0 Å². The molecule has 8 heteroatoms. The highest BCUT2D eigenvalue weighted by Crippen LogP contribution is 2.26. The third kappa shape index (κ3) is 5.32. The topological polar surface area (TPSA) is 85.4 Å². The maximum absolute atomic E-state index is 13.1. The minimum atomic E-state index is -0.647. The molecule has 2 atom stereocenters. The van der Waals surface area contributed by atoms with Crippen LogP contribution in [0.3, 0.4) is 0 Å². The van der Waals surface area contributed by atoms with E-state index in [4.69, 9.17) is 14.2 Å². The summed E-state index contributed by atoms with van der Waals surface area (Å²) in [6.45, 7) is 1.29. The molecular weight excluding hydrogens is 436 g/mol. The maximum Gasteiger partial charge on any atom is 0.410 e. The van der Waals surface area contributed by atoms with Gasteiger partial charge in [-0.25, -0.2) is 9.59 Å². The molecule has 2 amide bonds. The van der Waals surface area contributed by atoms with Gasteiger partial charge in [0.25, 0.3) is 5.91 Å². The second kappa shape index (κ2) is 11.0. The summed E-state index contributed by atoms with van der Waals surface area (Å²) >= 11 is 0. The Balaban J connectivity index is 1.32. The summed E-state index contributed by atoms with van der Waals surface area (Å²) in [7, 11) is 1.53. The number of benzene rings is 2. The molecule has 34 heavy (non-hydrogen) atoms. The van der Waals surface area contributed by atoms with Crippen LogP contribution in [0.1, 0.15) is 41.6 Å². The first-order chi connectivity index (χ1) is 16.6. The van der Waals surface area contributed by atoms with Crippen LogP contribution in [-0.4, -0.2) is 66.7 Å². The van der Waals surface area contributed by atoms with E-state index in [2.05, 4.69) is 0 Å². The van der Waals surface area contributed by atoms with E-state index in [0.717, 1.165) is 18.4 Å². The number of methoxy groups -OCH3 is 1. The Morgan fingerprint density at radius 3 is 2.38 bits per heavy atom. The number of amides is 2. The fourth-order valence-corrected chi connectivity index (χ4v) is 4.56. The SMILES string of the molecule is COc1ccccc1C(=O)N1CCCC1COC(=O)N1CCCC1C(=O)OCc1ccccc1. The summed E-state index contributed by atoms with van der Waals surface area (Å²) in [6.07, 6.45) is 2.29. The molecule has 180 valence electrons. The van der Waals surface area contributed by atoms with Crippen LogP contribution in [0.5, 0.6) is 5.75 Å². The Bertz CT molecular complexity index is 1010. The molecule has 2 saturated heterocycles. The van der Waals surface area contributed by atoms with E-state index in [9.17, 15) is 14.4 Å². The van der Waals surface area contributed by atoms with Gasteiger partial charge in [0, 0.05) is 13.1 Å². The fraction of sp³-hybridized carbons (Fsp3) is 0.423. The number of hydrogen-bond donors (Lipinski definition) is 0. The average Bonchev–Trinajstić information content (AvgIpc) is 3.56. The number of likely N-dealkylation sites (tertiary alicyclic amines) is 2. The van der Waals surface area contributed by atoms with Crippen molar-refractivity contribution in [3.63, 3.8) is 0 Å². The lowest BCUT2D eigenvalue weighted by molar-refractivity contribution is -0.149. The van der Waals surface area contributed by atoms with Crippen LogP contribution in [0.15, 0.2) is 54.6 Å². The van der Waals surface area contributed by atoms with Crippen molar-refractivity contribution in [1.82, 2.24) is 9.80 Å². The van der Waals surface area contributed by atoms with Gasteiger partial charge in [0.2, 0.25) is 0 Å². The van der Waals surface area contributed by atoms with Gasteiger partial charge in [-0.15, -0.1) is 0 Å². The summed E-state index contributed by atoms with van der Waals surface area (Å²) in [5.74, 6) is -0.0456. The summed E-state index contributed by atoms with van der Waals surface area (Å²) in [5, 5.41) is 0. The molecule has 0 spiro atoms. The van der Waals surface area contributed by atoms with Gasteiger partial charge in [-0.2, -0.15) is 0 Å². The van der Waals surface area contributed by atoms with Gasteiger partial charge < -0.3 is 19.1 Å². The van der Waals surface area contributed by atoms with Gasteiger partial charge >= 0.3 is 12.1 Å². The molecule has 2 aromatic rings. The van der Waals surface area contributed by atoms with Crippen LogP contribution in [0, 0.1) is 0 Å². The van der Waals surface area contributed by atoms with Crippen molar-refractivity contribution in [2.24, 2.45) is 0 Å². The first-order valence-corrected chi connectivity index (χ1v) is 11.7. The van der Waals surface area contributed by atoms with Gasteiger partial charge in [0.1, 0.15) is 25.0 Å². The molecule has 2 heterocycles. The molecule has 2 fully saturated rings. The van der Waals surface area contributed by atoms with E-state index in [-0.39, 0.29) is 25.2 Å². The highest BCUT2D eigenvalue weighted by Gasteiger charge is 2.38. The smallest absolute Gasteiger partial charge is 0.410 e. The molecule has 8 nitrogen and oxygen atoms in total. The molecule has 0 radical (unpaired) electrons. The van der Waals surface area contributed by atoms with Gasteiger partial charge in [0.15, 0.2) is 0 Å². The van der Waals surface area contributed by atoms with Crippen LogP contribution in [0.4, 0.5) is 4.79 Å². The molecule has 0 aromatic heterocycles. The largest absolute Gasteiger partial charge is 0.496 e. The highest BCUT2D eigenvalue weighted by molar-refractivity contribution is 5.97. The molecular formula is C26H30N2O6. The van der Waals surface area contributed by atoms with E-state index in [1.807, 2.05) is 36.4 Å². The van der Waals surface area contributed by atoms with E-state index >= 15 is 0 Å². The van der Waals surface area contributed by atoms with E-state index in [0.29, 0.717) is 37.2 Å². The molecule has 2 aliphatic rings. The second-order valence-corrected chi connectivity index (χ2v) is 8.52. The molecule has 0 saturated carbocycles. The molecule has 0 bridgehead atoms. The van der Waals surface area contributed by atoms with Crippen molar-refractivity contribution < 1.29 is 28.6 Å². The van der Waals surface area contributed by atoms with E-state index in [1.165, 1.54) is 12.0 Å². The Morgan fingerprint density at radius 2 is 1.59 bits per heavy atom. The van der Waals surface area contributed by atoms with E-state index in [1.54, 1.807) is 23.1 Å². The first-order valence-electron chi connectivity index (χ1n) is 11.7. The van der Waals surface area contributed by atoms with Crippen molar-refractivity contribution in [2.45, 2.75) is 44.4 Å². The number of carbonyl (C=O) groups is 3. The number of hydrogen-bond acceptors (Lipinski definition) is 6. The molecule has 2 aromatic carbocycles. The normalized spacial score (nSPS) is 19.7. The van der Waals surface area contributed by atoms with Crippen molar-refractivity contribution in [3.05, 3.63) is 65.7 Å². The summed E-state index contributed by atoms with van der Waals surface area (Å²) in [5.41, 5.74) is 1.38. The Morgan fingerprint density at radius 1 is 0.882 bits per heavy atom. The monoisotopic (exact) mass is 466 g/mol. The van der Waals surface area contributed by atoms with Crippen LogP contribution >= 0.6 is 0 Å². The zero-order valence-electron chi connectivity index (χ0n) is 19.4. The number of nitrogens with zero attached hydrogens (tertiary/aromatic N) is 2. The molecule has 2 aliphatic heterocycles. The van der Waals surface area contributed by atoms with Gasteiger partial charge in [-0.3, -0.25) is 9.69 Å². The average molecular weight is 467 g/mol. The number of esters is 1. The standard InChI is InChI=1S/C26H30N2O6/c1-32-23-14-6-5-12-21(23)24(29)27-15-7-11-20(27)18-34-26(31)28-16-8-13-22(28)25(30)33-17-19-9-3-2-4-10-19/h2-6,9-10,12,14,20,22H,7-8,11,13,15-18H2,1H3. The zero-order valence-corrected chi connectivity index (χ0v) is 19.4.